The first-order chi connectivity index (χ1) is 12.4. The van der Waals surface area contributed by atoms with Crippen molar-refractivity contribution in [2.75, 3.05) is 23.9 Å². The number of nitrogens with zero attached hydrogens (tertiary/aromatic N) is 3. The summed E-state index contributed by atoms with van der Waals surface area (Å²) >= 11 is 0. The van der Waals surface area contributed by atoms with Crippen LogP contribution in [0.3, 0.4) is 0 Å². The molecule has 1 aliphatic rings. The van der Waals surface area contributed by atoms with Crippen LogP contribution in [0.2, 0.25) is 0 Å². The Morgan fingerprint density at radius 1 is 1.27 bits per heavy atom. The van der Waals surface area contributed by atoms with Crippen LogP contribution in [0, 0.1) is 6.92 Å². The van der Waals surface area contributed by atoms with E-state index in [2.05, 4.69) is 15.3 Å². The summed E-state index contributed by atoms with van der Waals surface area (Å²) in [4.78, 5) is 22.4. The van der Waals surface area contributed by atoms with Crippen LogP contribution in [0.5, 0.6) is 0 Å². The molecule has 0 saturated carbocycles. The summed E-state index contributed by atoms with van der Waals surface area (Å²) in [7, 11) is -1.43. The van der Waals surface area contributed by atoms with Crippen molar-refractivity contribution in [1.82, 2.24) is 14.9 Å². The highest BCUT2D eigenvalue weighted by atomic mass is 32.2. The number of rotatable bonds is 5. The van der Waals surface area contributed by atoms with Crippen LogP contribution in [-0.4, -0.2) is 53.8 Å². The van der Waals surface area contributed by atoms with Crippen molar-refractivity contribution >= 4 is 21.6 Å². The highest BCUT2D eigenvalue weighted by Crippen LogP contribution is 2.18. The Morgan fingerprint density at radius 3 is 2.65 bits per heavy atom. The molecular formula is C18H22N4O3S. The average molecular weight is 374 g/mol. The largest absolute Gasteiger partial charge is 0.365 e. The predicted molar refractivity (Wildman–Crippen MR) is 99.7 cm³/mol. The first-order valence-corrected chi connectivity index (χ1v) is 10.3. The third-order valence-electron chi connectivity index (χ3n) is 4.67. The molecule has 0 radical (unpaired) electrons. The number of anilines is 1. The van der Waals surface area contributed by atoms with Gasteiger partial charge in [0.1, 0.15) is 11.5 Å². The van der Waals surface area contributed by atoms with Crippen LogP contribution >= 0.6 is 0 Å². The molecule has 8 heteroatoms. The molecule has 1 aromatic heterocycles. The first kappa shape index (κ1) is 18.3. The lowest BCUT2D eigenvalue weighted by molar-refractivity contribution is 0.0741. The molecule has 1 aliphatic heterocycles. The molecule has 1 unspecified atom stereocenters. The summed E-state index contributed by atoms with van der Waals surface area (Å²) in [5, 5.41) is 3.19. The summed E-state index contributed by atoms with van der Waals surface area (Å²) in [5.74, 6) is 0.405. The molecule has 1 atom stereocenters. The summed E-state index contributed by atoms with van der Waals surface area (Å²) < 4.78 is 23.2. The normalized spacial score (nSPS) is 18.5. The van der Waals surface area contributed by atoms with Crippen molar-refractivity contribution in [2.45, 2.75) is 25.9 Å². The van der Waals surface area contributed by atoms with Crippen LogP contribution in [-0.2, 0) is 16.4 Å². The Hall–Kier alpha value is -2.48. The van der Waals surface area contributed by atoms with E-state index in [0.717, 1.165) is 5.56 Å². The average Bonchev–Trinajstić information content (AvgIpc) is 3.00. The predicted octanol–water partition coefficient (Wildman–Crippen LogP) is 1.66. The fraction of sp³-hybridized carbons (Fsp3) is 0.389. The summed E-state index contributed by atoms with van der Waals surface area (Å²) in [6, 6.07) is 7.76. The van der Waals surface area contributed by atoms with Crippen molar-refractivity contribution in [3.63, 3.8) is 0 Å². The molecule has 1 fully saturated rings. The lowest BCUT2D eigenvalue weighted by atomic mass is 10.1. The van der Waals surface area contributed by atoms with Gasteiger partial charge in [0.2, 0.25) is 0 Å². The molecule has 3 rings (SSSR count). The van der Waals surface area contributed by atoms with Gasteiger partial charge in [-0.2, -0.15) is 0 Å². The van der Waals surface area contributed by atoms with Crippen molar-refractivity contribution in [2.24, 2.45) is 0 Å². The van der Waals surface area contributed by atoms with E-state index < -0.39 is 9.84 Å². The topological polar surface area (TPSA) is 92.3 Å². The van der Waals surface area contributed by atoms with Gasteiger partial charge in [0, 0.05) is 19.6 Å². The van der Waals surface area contributed by atoms with Crippen LogP contribution in [0.4, 0.5) is 5.82 Å². The molecule has 2 heterocycles. The Bertz CT molecular complexity index is 897. The monoisotopic (exact) mass is 374 g/mol. The maximum absolute atomic E-state index is 12.5. The van der Waals surface area contributed by atoms with Crippen LogP contribution in [0.25, 0.3) is 0 Å². The smallest absolute Gasteiger partial charge is 0.274 e. The van der Waals surface area contributed by atoms with Gasteiger partial charge in [-0.3, -0.25) is 4.79 Å². The van der Waals surface area contributed by atoms with Crippen LogP contribution in [0.1, 0.15) is 28.0 Å². The fourth-order valence-electron chi connectivity index (χ4n) is 2.95. The number of carbonyl (C=O) groups is 1. The Labute approximate surface area is 153 Å². The molecule has 26 heavy (non-hydrogen) atoms. The molecule has 1 amide bonds. The van der Waals surface area contributed by atoms with Crippen LogP contribution in [0.15, 0.2) is 36.7 Å². The number of amides is 1. The molecule has 1 aromatic carbocycles. The molecule has 7 nitrogen and oxygen atoms in total. The standard InChI is InChI=1S/C18H22N4O3S/c1-13-5-3-4-6-14(13)9-20-17-11-19-16(10-21-17)18(23)22(2)15-7-8-26(24,25)12-15/h3-6,10-11,15H,7-9,12H2,1-2H3,(H,20,21). The molecule has 1 N–H and O–H groups in total. The number of benzene rings is 1. The molecule has 2 aromatic rings. The number of nitrogens with one attached hydrogen (secondary N) is 1. The van der Waals surface area contributed by atoms with E-state index in [1.807, 2.05) is 31.2 Å². The van der Waals surface area contributed by atoms with Gasteiger partial charge < -0.3 is 10.2 Å². The van der Waals surface area contributed by atoms with Gasteiger partial charge in [0.15, 0.2) is 9.84 Å². The van der Waals surface area contributed by atoms with Crippen LogP contribution < -0.4 is 5.32 Å². The maximum atomic E-state index is 12.5. The van der Waals surface area contributed by atoms with E-state index in [4.69, 9.17) is 0 Å². The van der Waals surface area contributed by atoms with Gasteiger partial charge in [-0.1, -0.05) is 24.3 Å². The number of aromatic nitrogens is 2. The van der Waals surface area contributed by atoms with Gasteiger partial charge >= 0.3 is 0 Å². The number of carbonyl (C=O) groups excluding carboxylic acids is 1. The lowest BCUT2D eigenvalue weighted by Crippen LogP contribution is -2.38. The quantitative estimate of drug-likeness (QED) is 0.856. The number of hydrogen-bond acceptors (Lipinski definition) is 6. The highest BCUT2D eigenvalue weighted by Gasteiger charge is 2.33. The number of hydrogen-bond donors (Lipinski definition) is 1. The van der Waals surface area contributed by atoms with E-state index in [9.17, 15) is 13.2 Å². The molecule has 0 spiro atoms. The van der Waals surface area contributed by atoms with E-state index in [1.165, 1.54) is 22.9 Å². The van der Waals surface area contributed by atoms with E-state index in [0.29, 0.717) is 18.8 Å². The van der Waals surface area contributed by atoms with Crippen molar-refractivity contribution in [3.05, 3.63) is 53.5 Å². The van der Waals surface area contributed by atoms with E-state index >= 15 is 0 Å². The van der Waals surface area contributed by atoms with Gasteiger partial charge in [-0.15, -0.1) is 0 Å². The molecule has 0 aliphatic carbocycles. The third-order valence-corrected chi connectivity index (χ3v) is 6.42. The fourth-order valence-corrected chi connectivity index (χ4v) is 4.73. The van der Waals surface area contributed by atoms with Crippen molar-refractivity contribution < 1.29 is 13.2 Å². The molecule has 138 valence electrons. The summed E-state index contributed by atoms with van der Waals surface area (Å²) in [6.07, 6.45) is 3.40. The second-order valence-electron chi connectivity index (χ2n) is 6.54. The second kappa shape index (κ2) is 7.41. The highest BCUT2D eigenvalue weighted by molar-refractivity contribution is 7.91. The maximum Gasteiger partial charge on any atom is 0.274 e. The molecule has 0 bridgehead atoms. The van der Waals surface area contributed by atoms with E-state index in [-0.39, 0.29) is 29.1 Å². The minimum atomic E-state index is -3.04. The lowest BCUT2D eigenvalue weighted by Gasteiger charge is -2.22. The molecule has 1 saturated heterocycles. The zero-order valence-electron chi connectivity index (χ0n) is 14.8. The first-order valence-electron chi connectivity index (χ1n) is 8.44. The Balaban J connectivity index is 1.62. The van der Waals surface area contributed by atoms with Gasteiger partial charge in [0.05, 0.1) is 23.9 Å². The van der Waals surface area contributed by atoms with E-state index in [1.54, 1.807) is 7.05 Å². The Morgan fingerprint density at radius 2 is 2.04 bits per heavy atom. The van der Waals surface area contributed by atoms with Gasteiger partial charge in [-0.25, -0.2) is 18.4 Å². The second-order valence-corrected chi connectivity index (χ2v) is 8.77. The Kier molecular flexibility index (Phi) is 5.22. The summed E-state index contributed by atoms with van der Waals surface area (Å²) in [6.45, 7) is 2.66. The minimum absolute atomic E-state index is 0.0126. The zero-order valence-corrected chi connectivity index (χ0v) is 15.7. The zero-order chi connectivity index (χ0) is 18.7. The van der Waals surface area contributed by atoms with Gasteiger partial charge in [0.25, 0.3) is 5.91 Å². The van der Waals surface area contributed by atoms with Crippen molar-refractivity contribution in [3.8, 4) is 0 Å². The SMILES string of the molecule is Cc1ccccc1CNc1cnc(C(=O)N(C)C2CCS(=O)(=O)C2)cn1. The summed E-state index contributed by atoms with van der Waals surface area (Å²) in [5.41, 5.74) is 2.56. The number of sulfone groups is 1. The number of aryl methyl sites for hydroxylation is 1. The van der Waals surface area contributed by atoms with Crippen molar-refractivity contribution in [1.29, 1.82) is 0 Å². The minimum Gasteiger partial charge on any atom is -0.365 e. The third kappa shape index (κ3) is 4.19. The van der Waals surface area contributed by atoms with Gasteiger partial charge in [-0.05, 0) is 24.5 Å². The molecular weight excluding hydrogens is 352 g/mol.